The minimum atomic E-state index is -1.57. The van der Waals surface area contributed by atoms with Crippen LogP contribution in [0.3, 0.4) is 0 Å². The van der Waals surface area contributed by atoms with Crippen molar-refractivity contribution in [1.29, 1.82) is 0 Å². The summed E-state index contributed by atoms with van der Waals surface area (Å²) in [6.45, 7) is 3.21. The van der Waals surface area contributed by atoms with E-state index in [1.54, 1.807) is 0 Å². The molecule has 42 heavy (non-hydrogen) atoms. The first-order chi connectivity index (χ1) is 19.9. The van der Waals surface area contributed by atoms with E-state index in [9.17, 15) is 34.5 Å². The SMILES string of the molecule is CC(C)[C@H](CCCCCCCCCCCCC(=O)NCC(=O)O)O[C@H]1O[C@H](COC(=O)CCC(=O)O)[C@@H](O)[C@H](O)[C@H]1O. The number of esters is 1. The smallest absolute Gasteiger partial charge is 0.322 e. The highest BCUT2D eigenvalue weighted by Crippen LogP contribution is 2.27. The van der Waals surface area contributed by atoms with Crippen molar-refractivity contribution in [3.63, 3.8) is 0 Å². The summed E-state index contributed by atoms with van der Waals surface area (Å²) in [6, 6.07) is 0. The monoisotopic (exact) mass is 605 g/mol. The highest BCUT2D eigenvalue weighted by molar-refractivity contribution is 5.81. The molecule has 1 rings (SSSR count). The number of aliphatic hydroxyl groups is 3. The van der Waals surface area contributed by atoms with Gasteiger partial charge in [0.15, 0.2) is 6.29 Å². The third-order valence-electron chi connectivity index (χ3n) is 7.25. The zero-order chi connectivity index (χ0) is 31.5. The van der Waals surface area contributed by atoms with E-state index in [1.807, 2.05) is 13.8 Å². The van der Waals surface area contributed by atoms with Crippen LogP contribution in [0.2, 0.25) is 0 Å². The molecule has 0 unspecified atom stereocenters. The lowest BCUT2D eigenvalue weighted by atomic mass is 9.97. The van der Waals surface area contributed by atoms with Crippen LogP contribution >= 0.6 is 0 Å². The Hall–Kier alpha value is -2.32. The number of hydrogen-bond acceptors (Lipinski definition) is 10. The van der Waals surface area contributed by atoms with Crippen LogP contribution in [0.5, 0.6) is 0 Å². The van der Waals surface area contributed by atoms with Gasteiger partial charge in [-0.2, -0.15) is 0 Å². The van der Waals surface area contributed by atoms with Crippen molar-refractivity contribution < 1.29 is 58.9 Å². The third kappa shape index (κ3) is 16.4. The van der Waals surface area contributed by atoms with Gasteiger partial charge < -0.3 is 45.1 Å². The second-order valence-corrected chi connectivity index (χ2v) is 11.3. The van der Waals surface area contributed by atoms with E-state index in [2.05, 4.69) is 5.32 Å². The molecule has 1 aliphatic rings. The van der Waals surface area contributed by atoms with E-state index in [1.165, 1.54) is 0 Å². The molecule has 1 heterocycles. The first-order valence-corrected chi connectivity index (χ1v) is 15.1. The second-order valence-electron chi connectivity index (χ2n) is 11.3. The standard InChI is InChI=1S/C29H51NO12/c1-19(2)20(13-11-9-7-5-3-4-6-8-10-12-14-22(31)30-17-24(34)35)41-29-28(39)27(38)26(37)21(42-29)18-40-25(36)16-15-23(32)33/h19-21,26-29,37-39H,3-18H2,1-2H3,(H,30,31)(H,32,33)(H,34,35)/t20-,21+,26+,27-,28+,29-/m0/s1. The number of carboxylic acids is 2. The summed E-state index contributed by atoms with van der Waals surface area (Å²) < 4.78 is 16.7. The number of aliphatic hydroxyl groups excluding tert-OH is 3. The van der Waals surface area contributed by atoms with Crippen molar-refractivity contribution >= 4 is 23.8 Å². The fourth-order valence-electron chi connectivity index (χ4n) is 4.66. The average molecular weight is 606 g/mol. The Balaban J connectivity index is 2.26. The normalized spacial score (nSPS) is 23.0. The molecule has 0 aliphatic carbocycles. The molecule has 1 saturated heterocycles. The van der Waals surface area contributed by atoms with Crippen LogP contribution < -0.4 is 5.32 Å². The van der Waals surface area contributed by atoms with Crippen LogP contribution in [0.25, 0.3) is 0 Å². The maximum atomic E-state index is 11.7. The largest absolute Gasteiger partial charge is 0.481 e. The van der Waals surface area contributed by atoms with Gasteiger partial charge >= 0.3 is 17.9 Å². The predicted molar refractivity (Wildman–Crippen MR) is 150 cm³/mol. The van der Waals surface area contributed by atoms with Gasteiger partial charge in [0.05, 0.1) is 18.9 Å². The maximum Gasteiger partial charge on any atom is 0.322 e. The molecular weight excluding hydrogens is 554 g/mol. The molecule has 0 spiro atoms. The van der Waals surface area contributed by atoms with Crippen LogP contribution in [0, 0.1) is 5.92 Å². The van der Waals surface area contributed by atoms with Crippen molar-refractivity contribution in [3.05, 3.63) is 0 Å². The predicted octanol–water partition coefficient (Wildman–Crippen LogP) is 2.13. The van der Waals surface area contributed by atoms with Gasteiger partial charge in [-0.1, -0.05) is 71.6 Å². The van der Waals surface area contributed by atoms with Gasteiger partial charge in [0, 0.05) is 6.42 Å². The van der Waals surface area contributed by atoms with E-state index in [0.29, 0.717) is 6.42 Å². The van der Waals surface area contributed by atoms with Crippen molar-refractivity contribution in [1.82, 2.24) is 5.32 Å². The molecular formula is C29H51NO12. The van der Waals surface area contributed by atoms with Crippen LogP contribution in [-0.2, 0) is 33.4 Å². The number of unbranched alkanes of at least 4 members (excludes halogenated alkanes) is 9. The Morgan fingerprint density at radius 1 is 0.738 bits per heavy atom. The number of amides is 1. The highest BCUT2D eigenvalue weighted by atomic mass is 16.7. The molecule has 6 atom stereocenters. The summed E-state index contributed by atoms with van der Waals surface area (Å²) in [5.41, 5.74) is 0. The van der Waals surface area contributed by atoms with Gasteiger partial charge in [0.2, 0.25) is 5.91 Å². The number of carboxylic acid groups (broad SMARTS) is 2. The summed E-state index contributed by atoms with van der Waals surface area (Å²) in [6.07, 6.45) is 3.40. The number of carbonyl (C=O) groups excluding carboxylic acids is 2. The molecule has 0 aromatic carbocycles. The molecule has 0 aromatic heterocycles. The van der Waals surface area contributed by atoms with E-state index >= 15 is 0 Å². The van der Waals surface area contributed by atoms with Crippen molar-refractivity contribution in [2.75, 3.05) is 13.2 Å². The molecule has 0 saturated carbocycles. The first-order valence-electron chi connectivity index (χ1n) is 15.1. The molecule has 0 bridgehead atoms. The third-order valence-corrected chi connectivity index (χ3v) is 7.25. The average Bonchev–Trinajstić information content (AvgIpc) is 2.93. The summed E-state index contributed by atoms with van der Waals surface area (Å²) in [5, 5.41) is 50.6. The molecule has 0 aromatic rings. The van der Waals surface area contributed by atoms with E-state index in [0.717, 1.165) is 70.6 Å². The maximum absolute atomic E-state index is 11.7. The molecule has 1 aliphatic heterocycles. The van der Waals surface area contributed by atoms with Gasteiger partial charge in [-0.3, -0.25) is 19.2 Å². The lowest BCUT2D eigenvalue weighted by Gasteiger charge is -2.41. The Labute approximate surface area is 247 Å². The van der Waals surface area contributed by atoms with Crippen molar-refractivity contribution in [2.45, 2.75) is 141 Å². The number of nitrogens with one attached hydrogen (secondary N) is 1. The Morgan fingerprint density at radius 2 is 1.31 bits per heavy atom. The number of hydrogen-bond donors (Lipinski definition) is 6. The number of ether oxygens (including phenoxy) is 3. The highest BCUT2D eigenvalue weighted by Gasteiger charge is 2.45. The van der Waals surface area contributed by atoms with Crippen LogP contribution in [0.4, 0.5) is 0 Å². The van der Waals surface area contributed by atoms with Crippen LogP contribution in [0.1, 0.15) is 104 Å². The van der Waals surface area contributed by atoms with Gasteiger partial charge in [-0.05, 0) is 18.8 Å². The Kier molecular flexibility index (Phi) is 19.2. The van der Waals surface area contributed by atoms with Crippen molar-refractivity contribution in [3.8, 4) is 0 Å². The van der Waals surface area contributed by atoms with E-state index in [-0.39, 0.29) is 30.9 Å². The summed E-state index contributed by atoms with van der Waals surface area (Å²) in [7, 11) is 0. The first kappa shape index (κ1) is 37.7. The zero-order valence-electron chi connectivity index (χ0n) is 24.9. The molecule has 6 N–H and O–H groups in total. The fourth-order valence-corrected chi connectivity index (χ4v) is 4.66. The summed E-state index contributed by atoms with van der Waals surface area (Å²) in [5.74, 6) is -3.08. The topological polar surface area (TPSA) is 209 Å². The Bertz CT molecular complexity index is 807. The number of carbonyl (C=O) groups is 4. The van der Waals surface area contributed by atoms with Gasteiger partial charge in [0.25, 0.3) is 0 Å². The number of aliphatic carboxylic acids is 2. The van der Waals surface area contributed by atoms with Gasteiger partial charge in [-0.25, -0.2) is 0 Å². The molecule has 0 radical (unpaired) electrons. The molecule has 1 fully saturated rings. The van der Waals surface area contributed by atoms with E-state index in [4.69, 9.17) is 24.4 Å². The van der Waals surface area contributed by atoms with E-state index < -0.39 is 61.6 Å². The quantitative estimate of drug-likeness (QED) is 0.0731. The lowest BCUT2D eigenvalue weighted by Crippen LogP contribution is -2.60. The Morgan fingerprint density at radius 3 is 1.86 bits per heavy atom. The zero-order valence-corrected chi connectivity index (χ0v) is 24.9. The second kappa shape index (κ2) is 21.4. The van der Waals surface area contributed by atoms with Gasteiger partial charge in [-0.15, -0.1) is 0 Å². The van der Waals surface area contributed by atoms with Crippen LogP contribution in [-0.4, -0.2) is 99.3 Å². The summed E-state index contributed by atoms with van der Waals surface area (Å²) >= 11 is 0. The lowest BCUT2D eigenvalue weighted by molar-refractivity contribution is -0.315. The van der Waals surface area contributed by atoms with Gasteiger partial charge in [0.1, 0.15) is 37.6 Å². The van der Waals surface area contributed by atoms with Crippen LogP contribution in [0.15, 0.2) is 0 Å². The molecule has 13 nitrogen and oxygen atoms in total. The number of rotatable bonds is 23. The molecule has 1 amide bonds. The summed E-state index contributed by atoms with van der Waals surface area (Å²) in [4.78, 5) is 44.2. The fraction of sp³-hybridized carbons (Fsp3) is 0.862. The molecule has 13 heteroatoms. The minimum absolute atomic E-state index is 0.0975. The van der Waals surface area contributed by atoms with Crippen molar-refractivity contribution in [2.24, 2.45) is 5.92 Å². The molecule has 244 valence electrons. The minimum Gasteiger partial charge on any atom is -0.481 e.